The van der Waals surface area contributed by atoms with Gasteiger partial charge in [-0.1, -0.05) is 12.1 Å². The van der Waals surface area contributed by atoms with Crippen LogP contribution in [0.4, 0.5) is 0 Å². The molecule has 4 rings (SSSR count). The topological polar surface area (TPSA) is 40.2 Å². The van der Waals surface area contributed by atoms with Crippen LogP contribution in [0.15, 0.2) is 24.3 Å². The van der Waals surface area contributed by atoms with E-state index in [9.17, 15) is 0 Å². The van der Waals surface area contributed by atoms with Crippen molar-refractivity contribution in [2.45, 2.75) is 37.8 Å². The summed E-state index contributed by atoms with van der Waals surface area (Å²) >= 11 is 0. The van der Waals surface area contributed by atoms with Crippen molar-refractivity contribution in [1.29, 1.82) is 0 Å². The molecule has 3 saturated heterocycles. The van der Waals surface area contributed by atoms with Crippen LogP contribution in [-0.4, -0.2) is 63.7 Å². The molecule has 5 heteroatoms. The predicted octanol–water partition coefficient (Wildman–Crippen LogP) is 3.12. The first-order chi connectivity index (χ1) is 13.3. The van der Waals surface area contributed by atoms with Gasteiger partial charge in [0.1, 0.15) is 5.75 Å². The van der Waals surface area contributed by atoms with Crippen LogP contribution in [0.5, 0.6) is 5.75 Å². The lowest BCUT2D eigenvalue weighted by molar-refractivity contribution is -0.139. The minimum Gasteiger partial charge on any atom is -0.497 e. The maximum atomic E-state index is 6.21. The highest BCUT2D eigenvalue weighted by atomic mass is 16.5. The summed E-state index contributed by atoms with van der Waals surface area (Å²) in [6, 6.07) is 8.36. The van der Waals surface area contributed by atoms with Crippen molar-refractivity contribution in [1.82, 2.24) is 4.90 Å². The fraction of sp³-hybridized carbons (Fsp3) is 0.727. The van der Waals surface area contributed by atoms with E-state index in [1.54, 1.807) is 7.11 Å². The standard InChI is InChI=1S/C22H33NO4/c1-24-21-4-2-3-19(13-21)14-23-16-22(17-23)20(8-12-27-22)7-11-26-15-18-5-9-25-10-6-18/h2-4,13,18,20H,5-12,14-17H2,1H3/t20-/m1/s1. The molecule has 3 aliphatic heterocycles. The zero-order chi connectivity index (χ0) is 18.5. The highest BCUT2D eigenvalue weighted by Crippen LogP contribution is 2.42. The van der Waals surface area contributed by atoms with E-state index in [4.69, 9.17) is 18.9 Å². The van der Waals surface area contributed by atoms with Crippen molar-refractivity contribution in [3.8, 4) is 5.75 Å². The lowest BCUT2D eigenvalue weighted by Gasteiger charge is -2.50. The van der Waals surface area contributed by atoms with Gasteiger partial charge in [-0.25, -0.2) is 0 Å². The van der Waals surface area contributed by atoms with Crippen molar-refractivity contribution < 1.29 is 18.9 Å². The van der Waals surface area contributed by atoms with Crippen molar-refractivity contribution in [3.05, 3.63) is 29.8 Å². The van der Waals surface area contributed by atoms with E-state index in [-0.39, 0.29) is 5.60 Å². The van der Waals surface area contributed by atoms with Crippen LogP contribution in [-0.2, 0) is 20.8 Å². The Kier molecular flexibility index (Phi) is 6.33. The number of methoxy groups -OCH3 is 1. The number of likely N-dealkylation sites (tertiary alicyclic amines) is 1. The molecule has 0 aliphatic carbocycles. The molecule has 0 radical (unpaired) electrons. The van der Waals surface area contributed by atoms with E-state index < -0.39 is 0 Å². The third kappa shape index (κ3) is 4.65. The van der Waals surface area contributed by atoms with Crippen LogP contribution in [0.25, 0.3) is 0 Å². The largest absolute Gasteiger partial charge is 0.497 e. The number of hydrogen-bond donors (Lipinski definition) is 0. The third-order valence-corrected chi connectivity index (χ3v) is 6.43. The Morgan fingerprint density at radius 2 is 2.00 bits per heavy atom. The average Bonchev–Trinajstić information content (AvgIpc) is 3.10. The van der Waals surface area contributed by atoms with Crippen molar-refractivity contribution >= 4 is 0 Å². The van der Waals surface area contributed by atoms with Gasteiger partial charge < -0.3 is 18.9 Å². The van der Waals surface area contributed by atoms with Gasteiger partial charge in [-0.05, 0) is 55.2 Å². The third-order valence-electron chi connectivity index (χ3n) is 6.43. The van der Waals surface area contributed by atoms with Crippen LogP contribution in [0.3, 0.4) is 0 Å². The van der Waals surface area contributed by atoms with Gasteiger partial charge in [0.15, 0.2) is 0 Å². The summed E-state index contributed by atoms with van der Waals surface area (Å²) in [7, 11) is 1.72. The van der Waals surface area contributed by atoms with Crippen molar-refractivity contribution in [2.75, 3.05) is 53.2 Å². The minimum atomic E-state index is 0.0703. The Hall–Kier alpha value is -1.14. The zero-order valence-electron chi connectivity index (χ0n) is 16.5. The SMILES string of the molecule is COc1cccc(CN2CC3(C2)OCC[C@H]3CCOCC2CCOCC2)c1. The molecule has 0 saturated carbocycles. The van der Waals surface area contributed by atoms with Gasteiger partial charge in [0.25, 0.3) is 0 Å². The molecule has 1 spiro atoms. The number of nitrogens with zero attached hydrogens (tertiary/aromatic N) is 1. The summed E-state index contributed by atoms with van der Waals surface area (Å²) in [5, 5.41) is 0. The summed E-state index contributed by atoms with van der Waals surface area (Å²) in [5.74, 6) is 2.25. The van der Waals surface area contributed by atoms with E-state index in [1.165, 1.54) is 12.0 Å². The van der Waals surface area contributed by atoms with Gasteiger partial charge in [-0.15, -0.1) is 0 Å². The van der Waals surface area contributed by atoms with E-state index in [1.807, 2.05) is 6.07 Å². The van der Waals surface area contributed by atoms with Crippen LogP contribution < -0.4 is 4.74 Å². The Morgan fingerprint density at radius 3 is 2.81 bits per heavy atom. The summed E-state index contributed by atoms with van der Waals surface area (Å²) in [4.78, 5) is 2.48. The number of hydrogen-bond acceptors (Lipinski definition) is 5. The van der Waals surface area contributed by atoms with Gasteiger partial charge in [0.05, 0.1) is 12.7 Å². The molecular weight excluding hydrogens is 342 g/mol. The molecule has 27 heavy (non-hydrogen) atoms. The van der Waals surface area contributed by atoms with Crippen LogP contribution in [0.2, 0.25) is 0 Å². The lowest BCUT2D eigenvalue weighted by Crippen LogP contribution is -2.64. The molecule has 1 atom stereocenters. The van der Waals surface area contributed by atoms with E-state index in [0.717, 1.165) is 77.7 Å². The van der Waals surface area contributed by atoms with Gasteiger partial charge in [0, 0.05) is 52.7 Å². The molecule has 150 valence electrons. The molecule has 1 aromatic rings. The van der Waals surface area contributed by atoms with E-state index in [0.29, 0.717) is 11.8 Å². The number of ether oxygens (including phenoxy) is 4. The molecule has 3 heterocycles. The highest BCUT2D eigenvalue weighted by molar-refractivity contribution is 5.28. The molecule has 5 nitrogen and oxygen atoms in total. The Morgan fingerprint density at radius 1 is 1.15 bits per heavy atom. The summed E-state index contributed by atoms with van der Waals surface area (Å²) < 4.78 is 23.0. The first kappa shape index (κ1) is 19.2. The second kappa shape index (κ2) is 8.91. The van der Waals surface area contributed by atoms with E-state index >= 15 is 0 Å². The molecular formula is C22H33NO4. The highest BCUT2D eigenvalue weighted by Gasteiger charge is 2.52. The zero-order valence-corrected chi connectivity index (χ0v) is 16.5. The van der Waals surface area contributed by atoms with Gasteiger partial charge in [-0.2, -0.15) is 0 Å². The normalized spacial score (nSPS) is 25.6. The van der Waals surface area contributed by atoms with Crippen molar-refractivity contribution in [3.63, 3.8) is 0 Å². The number of benzene rings is 1. The predicted molar refractivity (Wildman–Crippen MR) is 104 cm³/mol. The Balaban J connectivity index is 1.19. The first-order valence-electron chi connectivity index (χ1n) is 10.4. The fourth-order valence-electron chi connectivity index (χ4n) is 4.78. The summed E-state index contributed by atoms with van der Waals surface area (Å²) in [6.07, 6.45) is 4.59. The quantitative estimate of drug-likeness (QED) is 0.653. The minimum absolute atomic E-state index is 0.0703. The van der Waals surface area contributed by atoms with Crippen molar-refractivity contribution in [2.24, 2.45) is 11.8 Å². The van der Waals surface area contributed by atoms with Crippen LogP contribution in [0, 0.1) is 11.8 Å². The molecule has 0 amide bonds. The molecule has 0 bridgehead atoms. The van der Waals surface area contributed by atoms with Gasteiger partial charge in [-0.3, -0.25) is 4.90 Å². The Labute approximate surface area is 162 Å². The van der Waals surface area contributed by atoms with Gasteiger partial charge >= 0.3 is 0 Å². The molecule has 0 N–H and O–H groups in total. The molecule has 3 fully saturated rings. The summed E-state index contributed by atoms with van der Waals surface area (Å²) in [6.45, 7) is 7.50. The maximum absolute atomic E-state index is 6.21. The second-order valence-corrected chi connectivity index (χ2v) is 8.31. The summed E-state index contributed by atoms with van der Waals surface area (Å²) in [5.41, 5.74) is 1.37. The van der Waals surface area contributed by atoms with Crippen LogP contribution >= 0.6 is 0 Å². The van der Waals surface area contributed by atoms with E-state index in [2.05, 4.69) is 23.1 Å². The maximum Gasteiger partial charge on any atom is 0.119 e. The molecule has 3 aliphatic rings. The second-order valence-electron chi connectivity index (χ2n) is 8.31. The monoisotopic (exact) mass is 375 g/mol. The van der Waals surface area contributed by atoms with Gasteiger partial charge in [0.2, 0.25) is 0 Å². The molecule has 0 aromatic heterocycles. The average molecular weight is 376 g/mol. The fourth-order valence-corrected chi connectivity index (χ4v) is 4.78. The molecule has 0 unspecified atom stereocenters. The number of rotatable bonds is 8. The first-order valence-corrected chi connectivity index (χ1v) is 10.4. The smallest absolute Gasteiger partial charge is 0.119 e. The van der Waals surface area contributed by atoms with Crippen LogP contribution in [0.1, 0.15) is 31.2 Å². The Bertz CT molecular complexity index is 596. The lowest BCUT2D eigenvalue weighted by atomic mass is 9.79. The molecule has 1 aromatic carbocycles.